The van der Waals surface area contributed by atoms with E-state index < -0.39 is 0 Å². The fraction of sp³-hybridized carbons (Fsp3) is 0.600. The molecule has 0 radical (unpaired) electrons. The average molecular weight is 217 g/mol. The lowest BCUT2D eigenvalue weighted by molar-refractivity contribution is 0.611. The molecule has 2 aliphatic rings. The summed E-state index contributed by atoms with van der Waals surface area (Å²) in [6, 6.07) is 0. The SMILES string of the molecule is C=CC1C=C(C2CC2CNCCC)C=CC1. The quantitative estimate of drug-likeness (QED) is 0.531. The van der Waals surface area contributed by atoms with Crippen molar-refractivity contribution in [2.24, 2.45) is 17.8 Å². The largest absolute Gasteiger partial charge is 0.316 e. The minimum Gasteiger partial charge on any atom is -0.316 e. The molecule has 0 aromatic heterocycles. The topological polar surface area (TPSA) is 12.0 Å². The normalized spacial score (nSPS) is 32.3. The molecular weight excluding hydrogens is 194 g/mol. The molecule has 16 heavy (non-hydrogen) atoms. The third kappa shape index (κ3) is 2.85. The predicted molar refractivity (Wildman–Crippen MR) is 70.3 cm³/mol. The van der Waals surface area contributed by atoms with Gasteiger partial charge in [-0.1, -0.05) is 31.2 Å². The first-order valence-corrected chi connectivity index (χ1v) is 6.56. The molecule has 1 fully saturated rings. The molecule has 1 N–H and O–H groups in total. The van der Waals surface area contributed by atoms with Gasteiger partial charge in [-0.15, -0.1) is 6.58 Å². The van der Waals surface area contributed by atoms with Gasteiger partial charge in [-0.25, -0.2) is 0 Å². The van der Waals surface area contributed by atoms with Crippen LogP contribution in [0.4, 0.5) is 0 Å². The van der Waals surface area contributed by atoms with Gasteiger partial charge in [-0.2, -0.15) is 0 Å². The Balaban J connectivity index is 1.80. The smallest absolute Gasteiger partial charge is 0.00145 e. The highest BCUT2D eigenvalue weighted by molar-refractivity contribution is 5.32. The first-order valence-electron chi connectivity index (χ1n) is 6.56. The lowest BCUT2D eigenvalue weighted by atomic mass is 9.93. The Morgan fingerprint density at radius 1 is 1.56 bits per heavy atom. The van der Waals surface area contributed by atoms with E-state index in [-0.39, 0.29) is 0 Å². The number of allylic oxidation sites excluding steroid dienone is 5. The lowest BCUT2D eigenvalue weighted by Crippen LogP contribution is -2.18. The fourth-order valence-corrected chi connectivity index (χ4v) is 2.49. The molecule has 1 heteroatoms. The lowest BCUT2D eigenvalue weighted by Gasteiger charge is -2.13. The van der Waals surface area contributed by atoms with Gasteiger partial charge in [0.2, 0.25) is 0 Å². The zero-order valence-electron chi connectivity index (χ0n) is 10.3. The zero-order valence-corrected chi connectivity index (χ0v) is 10.3. The molecule has 0 aliphatic heterocycles. The Bertz CT molecular complexity index is 301. The van der Waals surface area contributed by atoms with Gasteiger partial charge >= 0.3 is 0 Å². The molecule has 1 nitrogen and oxygen atoms in total. The van der Waals surface area contributed by atoms with Crippen molar-refractivity contribution in [3.8, 4) is 0 Å². The maximum Gasteiger partial charge on any atom is -0.00145 e. The van der Waals surface area contributed by atoms with Crippen LogP contribution in [0.3, 0.4) is 0 Å². The number of hydrogen-bond acceptors (Lipinski definition) is 1. The second kappa shape index (κ2) is 5.49. The second-order valence-corrected chi connectivity index (χ2v) is 5.01. The van der Waals surface area contributed by atoms with Gasteiger partial charge in [-0.05, 0) is 55.7 Å². The van der Waals surface area contributed by atoms with Gasteiger partial charge in [0.05, 0.1) is 0 Å². The Kier molecular flexibility index (Phi) is 4.00. The van der Waals surface area contributed by atoms with E-state index in [4.69, 9.17) is 0 Å². The van der Waals surface area contributed by atoms with E-state index >= 15 is 0 Å². The molecule has 3 atom stereocenters. The van der Waals surface area contributed by atoms with Crippen molar-refractivity contribution >= 4 is 0 Å². The summed E-state index contributed by atoms with van der Waals surface area (Å²) in [6.45, 7) is 8.47. The van der Waals surface area contributed by atoms with Crippen LogP contribution >= 0.6 is 0 Å². The summed E-state index contributed by atoms with van der Waals surface area (Å²) in [5.74, 6) is 2.28. The van der Waals surface area contributed by atoms with Gasteiger partial charge < -0.3 is 5.32 Å². The highest BCUT2D eigenvalue weighted by atomic mass is 14.9. The fourth-order valence-electron chi connectivity index (χ4n) is 2.49. The first-order chi connectivity index (χ1) is 7.85. The summed E-state index contributed by atoms with van der Waals surface area (Å²) in [5.41, 5.74) is 1.56. The van der Waals surface area contributed by atoms with Gasteiger partial charge in [0, 0.05) is 0 Å². The molecule has 0 amide bonds. The van der Waals surface area contributed by atoms with Crippen LogP contribution in [-0.4, -0.2) is 13.1 Å². The molecule has 0 spiro atoms. The molecule has 0 bridgehead atoms. The summed E-state index contributed by atoms with van der Waals surface area (Å²) in [5, 5.41) is 3.52. The van der Waals surface area contributed by atoms with Gasteiger partial charge in [-0.3, -0.25) is 0 Å². The molecule has 0 aromatic rings. The first kappa shape index (κ1) is 11.7. The van der Waals surface area contributed by atoms with E-state index in [1.807, 2.05) is 0 Å². The summed E-state index contributed by atoms with van der Waals surface area (Å²) in [4.78, 5) is 0. The van der Waals surface area contributed by atoms with Crippen molar-refractivity contribution in [3.63, 3.8) is 0 Å². The predicted octanol–water partition coefficient (Wildman–Crippen LogP) is 3.31. The van der Waals surface area contributed by atoms with Crippen LogP contribution in [0.25, 0.3) is 0 Å². The van der Waals surface area contributed by atoms with Crippen LogP contribution in [-0.2, 0) is 0 Å². The Morgan fingerprint density at radius 3 is 3.19 bits per heavy atom. The van der Waals surface area contributed by atoms with Crippen LogP contribution in [0, 0.1) is 17.8 Å². The molecular formula is C15H23N. The molecule has 3 unspecified atom stereocenters. The maximum atomic E-state index is 3.89. The van der Waals surface area contributed by atoms with Crippen molar-refractivity contribution in [2.75, 3.05) is 13.1 Å². The van der Waals surface area contributed by atoms with E-state index in [0.29, 0.717) is 5.92 Å². The molecule has 0 heterocycles. The molecule has 0 aromatic carbocycles. The van der Waals surface area contributed by atoms with Crippen molar-refractivity contribution in [1.29, 1.82) is 0 Å². The van der Waals surface area contributed by atoms with Gasteiger partial charge in [0.1, 0.15) is 0 Å². The number of nitrogens with one attached hydrogen (secondary N) is 1. The second-order valence-electron chi connectivity index (χ2n) is 5.01. The third-order valence-electron chi connectivity index (χ3n) is 3.61. The highest BCUT2D eigenvalue weighted by Gasteiger charge is 2.38. The zero-order chi connectivity index (χ0) is 11.4. The highest BCUT2D eigenvalue weighted by Crippen LogP contribution is 2.45. The third-order valence-corrected chi connectivity index (χ3v) is 3.61. The minimum absolute atomic E-state index is 0.574. The summed E-state index contributed by atoms with van der Waals surface area (Å²) < 4.78 is 0. The summed E-state index contributed by atoms with van der Waals surface area (Å²) in [7, 11) is 0. The van der Waals surface area contributed by atoms with Crippen molar-refractivity contribution < 1.29 is 0 Å². The molecule has 1 saturated carbocycles. The molecule has 0 saturated heterocycles. The van der Waals surface area contributed by atoms with Crippen LogP contribution in [0.15, 0.2) is 36.5 Å². The maximum absolute atomic E-state index is 3.89. The Labute approximate surface area is 99.3 Å². The summed E-state index contributed by atoms with van der Waals surface area (Å²) >= 11 is 0. The number of hydrogen-bond donors (Lipinski definition) is 1. The molecule has 88 valence electrons. The van der Waals surface area contributed by atoms with E-state index in [9.17, 15) is 0 Å². The van der Waals surface area contributed by atoms with Crippen LogP contribution in [0.5, 0.6) is 0 Å². The molecule has 2 aliphatic carbocycles. The van der Waals surface area contributed by atoms with Crippen LogP contribution in [0.2, 0.25) is 0 Å². The average Bonchev–Trinajstić information content (AvgIpc) is 3.09. The van der Waals surface area contributed by atoms with E-state index in [1.54, 1.807) is 5.57 Å². The minimum atomic E-state index is 0.574. The molecule has 2 rings (SSSR count). The number of rotatable bonds is 6. The summed E-state index contributed by atoms with van der Waals surface area (Å²) in [6.07, 6.45) is 12.8. The van der Waals surface area contributed by atoms with Gasteiger partial charge in [0.15, 0.2) is 0 Å². The van der Waals surface area contributed by atoms with E-state index in [2.05, 4.69) is 43.1 Å². The van der Waals surface area contributed by atoms with Gasteiger partial charge in [0.25, 0.3) is 0 Å². The monoisotopic (exact) mass is 217 g/mol. The van der Waals surface area contributed by atoms with Crippen LogP contribution in [0.1, 0.15) is 26.2 Å². The van der Waals surface area contributed by atoms with Crippen molar-refractivity contribution in [1.82, 2.24) is 5.32 Å². The van der Waals surface area contributed by atoms with E-state index in [0.717, 1.165) is 24.8 Å². The van der Waals surface area contributed by atoms with Crippen molar-refractivity contribution in [3.05, 3.63) is 36.5 Å². The Hall–Kier alpha value is -0.820. The van der Waals surface area contributed by atoms with Crippen LogP contribution < -0.4 is 5.32 Å². The van der Waals surface area contributed by atoms with E-state index in [1.165, 1.54) is 19.4 Å². The Morgan fingerprint density at radius 2 is 2.44 bits per heavy atom. The van der Waals surface area contributed by atoms with Crippen molar-refractivity contribution in [2.45, 2.75) is 26.2 Å². The standard InChI is InChI=1S/C15H23N/c1-3-8-16-11-14-10-15(14)13-7-5-6-12(4-2)9-13/h4-5,7,9,12,14-16H,2-3,6,8,10-11H2,1H3.